The molecule has 1 rings (SSSR count). The van der Waals surface area contributed by atoms with Crippen LogP contribution in [0, 0.1) is 5.92 Å². The van der Waals surface area contributed by atoms with Crippen LogP contribution in [0.1, 0.15) is 33.6 Å². The van der Waals surface area contributed by atoms with Crippen LogP contribution < -0.4 is 5.32 Å². The van der Waals surface area contributed by atoms with E-state index in [9.17, 15) is 15.0 Å². The number of hydrogen-bond acceptors (Lipinski definition) is 6. The van der Waals surface area contributed by atoms with E-state index in [4.69, 9.17) is 14.2 Å². The van der Waals surface area contributed by atoms with Crippen LogP contribution in [0.2, 0.25) is 0 Å². The second-order valence-corrected chi connectivity index (χ2v) is 5.63. The Morgan fingerprint density at radius 1 is 1.18 bits per heavy atom. The Balaban J connectivity index is 2.08. The van der Waals surface area contributed by atoms with Crippen molar-refractivity contribution in [2.75, 3.05) is 26.4 Å². The molecule has 7 nitrogen and oxygen atoms in total. The Hall–Kier alpha value is -0.730. The van der Waals surface area contributed by atoms with Crippen LogP contribution in [0.3, 0.4) is 0 Å². The van der Waals surface area contributed by atoms with E-state index >= 15 is 0 Å². The first kappa shape index (κ1) is 19.3. The summed E-state index contributed by atoms with van der Waals surface area (Å²) < 4.78 is 16.4. The summed E-state index contributed by atoms with van der Waals surface area (Å²) in [5.41, 5.74) is 0. The van der Waals surface area contributed by atoms with Gasteiger partial charge in [-0.25, -0.2) is 0 Å². The van der Waals surface area contributed by atoms with Gasteiger partial charge < -0.3 is 29.7 Å². The molecule has 22 heavy (non-hydrogen) atoms. The first-order valence-corrected chi connectivity index (χ1v) is 7.95. The Morgan fingerprint density at radius 3 is 2.59 bits per heavy atom. The van der Waals surface area contributed by atoms with Crippen LogP contribution in [0.5, 0.6) is 0 Å². The second-order valence-electron chi connectivity index (χ2n) is 5.63. The zero-order valence-corrected chi connectivity index (χ0v) is 13.7. The summed E-state index contributed by atoms with van der Waals surface area (Å²) in [5.74, 6) is -0.271. The summed E-state index contributed by atoms with van der Waals surface area (Å²) in [6.07, 6.45) is -1.40. The highest BCUT2D eigenvalue weighted by Gasteiger charge is 2.40. The number of aliphatic hydroxyl groups excluding tert-OH is 2. The van der Waals surface area contributed by atoms with E-state index < -0.39 is 24.6 Å². The summed E-state index contributed by atoms with van der Waals surface area (Å²) in [4.78, 5) is 11.2. The van der Waals surface area contributed by atoms with E-state index in [0.29, 0.717) is 32.8 Å². The molecule has 1 saturated heterocycles. The number of carbonyl (C=O) groups is 1. The fourth-order valence-corrected chi connectivity index (χ4v) is 2.26. The van der Waals surface area contributed by atoms with Crippen LogP contribution in [-0.4, -0.2) is 67.1 Å². The molecule has 1 aliphatic heterocycles. The molecule has 0 saturated carbocycles. The van der Waals surface area contributed by atoms with Gasteiger partial charge in [-0.3, -0.25) is 4.79 Å². The van der Waals surface area contributed by atoms with E-state index in [-0.39, 0.29) is 11.8 Å². The number of rotatable bonds is 9. The second kappa shape index (κ2) is 10.1. The van der Waals surface area contributed by atoms with Crippen molar-refractivity contribution in [1.29, 1.82) is 0 Å². The van der Waals surface area contributed by atoms with E-state index in [1.54, 1.807) is 13.8 Å². The third kappa shape index (κ3) is 6.18. The third-order valence-electron chi connectivity index (χ3n) is 3.70. The molecule has 0 aromatic heterocycles. The maximum Gasteiger partial charge on any atom is 0.220 e. The van der Waals surface area contributed by atoms with E-state index in [0.717, 1.165) is 6.42 Å². The van der Waals surface area contributed by atoms with Gasteiger partial charge >= 0.3 is 0 Å². The highest BCUT2D eigenvalue weighted by Crippen LogP contribution is 2.26. The number of hydrogen-bond donors (Lipinski definition) is 3. The molecule has 5 atom stereocenters. The third-order valence-corrected chi connectivity index (χ3v) is 3.70. The molecule has 1 aliphatic rings. The van der Waals surface area contributed by atoms with E-state index in [1.807, 2.05) is 6.92 Å². The quantitative estimate of drug-likeness (QED) is 0.519. The van der Waals surface area contributed by atoms with Crippen LogP contribution in [0.15, 0.2) is 0 Å². The fourth-order valence-electron chi connectivity index (χ4n) is 2.26. The minimum absolute atomic E-state index is 0.0355. The Bertz CT molecular complexity index is 327. The molecule has 1 amide bonds. The van der Waals surface area contributed by atoms with Crippen molar-refractivity contribution in [3.8, 4) is 0 Å². The molecular formula is C15H29NO6. The van der Waals surface area contributed by atoms with Crippen molar-refractivity contribution in [3.63, 3.8) is 0 Å². The predicted molar refractivity (Wildman–Crippen MR) is 80.2 cm³/mol. The largest absolute Gasteiger partial charge is 0.390 e. The van der Waals surface area contributed by atoms with Gasteiger partial charge in [0.1, 0.15) is 6.10 Å². The number of carbonyl (C=O) groups excluding carboxylic acids is 1. The molecule has 1 fully saturated rings. The average Bonchev–Trinajstić information content (AvgIpc) is 2.49. The topological polar surface area (TPSA) is 97.3 Å². The normalized spacial score (nSPS) is 32.0. The molecule has 0 spiro atoms. The maximum atomic E-state index is 11.2. The Labute approximate surface area is 131 Å². The Kier molecular flexibility index (Phi) is 8.89. The first-order valence-electron chi connectivity index (χ1n) is 7.95. The van der Waals surface area contributed by atoms with Crippen LogP contribution in [0.4, 0.5) is 0 Å². The summed E-state index contributed by atoms with van der Waals surface area (Å²) >= 11 is 0. The van der Waals surface area contributed by atoms with Crippen LogP contribution in [0.25, 0.3) is 0 Å². The maximum absolute atomic E-state index is 11.2. The molecule has 5 unspecified atom stereocenters. The predicted octanol–water partition coefficient (Wildman–Crippen LogP) is 0.0386. The van der Waals surface area contributed by atoms with Crippen molar-refractivity contribution < 1.29 is 29.2 Å². The van der Waals surface area contributed by atoms with Gasteiger partial charge in [-0.1, -0.05) is 13.8 Å². The van der Waals surface area contributed by atoms with Crippen molar-refractivity contribution in [1.82, 2.24) is 5.32 Å². The molecule has 0 bridgehead atoms. The van der Waals surface area contributed by atoms with Crippen LogP contribution >= 0.6 is 0 Å². The molecule has 0 aliphatic carbocycles. The molecule has 0 aromatic rings. The highest BCUT2D eigenvalue weighted by molar-refractivity contribution is 5.75. The van der Waals surface area contributed by atoms with Gasteiger partial charge in [0.15, 0.2) is 6.29 Å². The van der Waals surface area contributed by atoms with Crippen LogP contribution in [-0.2, 0) is 19.0 Å². The zero-order chi connectivity index (χ0) is 16.5. The molecule has 3 N–H and O–H groups in total. The molecular weight excluding hydrogens is 290 g/mol. The molecule has 0 aromatic carbocycles. The molecule has 1 heterocycles. The van der Waals surface area contributed by atoms with Crippen molar-refractivity contribution >= 4 is 5.91 Å². The zero-order valence-electron chi connectivity index (χ0n) is 13.7. The lowest BCUT2D eigenvalue weighted by atomic mass is 9.93. The van der Waals surface area contributed by atoms with Gasteiger partial charge in [-0.15, -0.1) is 0 Å². The monoisotopic (exact) mass is 319 g/mol. The van der Waals surface area contributed by atoms with Crippen molar-refractivity contribution in [2.24, 2.45) is 5.92 Å². The molecule has 7 heteroatoms. The van der Waals surface area contributed by atoms with E-state index in [2.05, 4.69) is 5.32 Å². The minimum Gasteiger partial charge on any atom is -0.390 e. The fraction of sp³-hybridized carbons (Fsp3) is 0.933. The number of nitrogens with one attached hydrogen (secondary N) is 1. The van der Waals surface area contributed by atoms with Gasteiger partial charge in [0, 0.05) is 18.9 Å². The standard InChI is InChI=1S/C15H29NO6/c1-4-5-12(17)16-6-7-20-8-9-21-15-10(2)13(18)14(19)11(3)22-15/h10-11,13-15,18-19H,4-9H2,1-3H3,(H,16,17). The summed E-state index contributed by atoms with van der Waals surface area (Å²) in [6, 6.07) is 0. The van der Waals surface area contributed by atoms with Crippen molar-refractivity contribution in [3.05, 3.63) is 0 Å². The molecule has 130 valence electrons. The first-order chi connectivity index (χ1) is 10.5. The average molecular weight is 319 g/mol. The SMILES string of the molecule is CCCC(=O)NCCOCCOC1OC(C)C(O)C(O)C1C. The summed E-state index contributed by atoms with van der Waals surface area (Å²) in [6.45, 7) is 7.05. The lowest BCUT2D eigenvalue weighted by Crippen LogP contribution is -2.53. The highest BCUT2D eigenvalue weighted by atomic mass is 16.7. The van der Waals surface area contributed by atoms with Gasteiger partial charge in [0.05, 0.1) is 32.0 Å². The lowest BCUT2D eigenvalue weighted by Gasteiger charge is -2.39. The van der Waals surface area contributed by atoms with Gasteiger partial charge in [-0.2, -0.15) is 0 Å². The lowest BCUT2D eigenvalue weighted by molar-refractivity contribution is -0.274. The van der Waals surface area contributed by atoms with Gasteiger partial charge in [-0.05, 0) is 13.3 Å². The number of amides is 1. The van der Waals surface area contributed by atoms with Gasteiger partial charge in [0.2, 0.25) is 5.91 Å². The number of aliphatic hydroxyl groups is 2. The minimum atomic E-state index is -0.891. The molecule has 0 radical (unpaired) electrons. The summed E-state index contributed by atoms with van der Waals surface area (Å²) in [5, 5.41) is 22.3. The number of ether oxygens (including phenoxy) is 3. The Morgan fingerprint density at radius 2 is 1.91 bits per heavy atom. The summed E-state index contributed by atoms with van der Waals surface area (Å²) in [7, 11) is 0. The van der Waals surface area contributed by atoms with Crippen molar-refractivity contribution in [2.45, 2.75) is 58.2 Å². The van der Waals surface area contributed by atoms with Gasteiger partial charge in [0.25, 0.3) is 0 Å². The van der Waals surface area contributed by atoms with E-state index in [1.165, 1.54) is 0 Å². The smallest absolute Gasteiger partial charge is 0.220 e.